The molecule has 13 nitrogen and oxygen atoms in total. The Bertz CT molecular complexity index is 1320. The summed E-state index contributed by atoms with van der Waals surface area (Å²) in [5.74, 6) is -3.84. The van der Waals surface area contributed by atoms with Gasteiger partial charge in [0.1, 0.15) is 35.4 Å². The summed E-state index contributed by atoms with van der Waals surface area (Å²) in [5.41, 5.74) is -1.36. The summed E-state index contributed by atoms with van der Waals surface area (Å²) in [6.07, 6.45) is -8.39. The highest BCUT2D eigenvalue weighted by atomic mass is 16.7. The van der Waals surface area contributed by atoms with E-state index in [1.807, 2.05) is 0 Å². The highest BCUT2D eigenvalue weighted by Gasteiger charge is 2.45. The molecule has 1 aromatic heterocycles. The van der Waals surface area contributed by atoms with Gasteiger partial charge in [-0.15, -0.1) is 0 Å². The molecule has 0 bridgehead atoms. The summed E-state index contributed by atoms with van der Waals surface area (Å²) in [7, 11) is 1.14. The van der Waals surface area contributed by atoms with Gasteiger partial charge in [-0.2, -0.15) is 0 Å². The normalized spacial score (nSPS) is 24.4. The fourth-order valence-electron chi connectivity index (χ4n) is 3.73. The number of aromatic hydroxyl groups is 4. The van der Waals surface area contributed by atoms with E-state index in [0.717, 1.165) is 25.3 Å². The van der Waals surface area contributed by atoms with Gasteiger partial charge in [0.25, 0.3) is 0 Å². The second-order valence-electron chi connectivity index (χ2n) is 7.76. The summed E-state index contributed by atoms with van der Waals surface area (Å²) >= 11 is 0. The van der Waals surface area contributed by atoms with Gasteiger partial charge in [-0.25, -0.2) is 0 Å². The molecule has 0 spiro atoms. The first kappa shape index (κ1) is 24.4. The molecule has 1 aliphatic heterocycles. The molecule has 1 saturated heterocycles. The summed E-state index contributed by atoms with van der Waals surface area (Å²) in [6.45, 7) is -0.742. The smallest absolute Gasteiger partial charge is 0.238 e. The van der Waals surface area contributed by atoms with Crippen LogP contribution in [-0.4, -0.2) is 85.3 Å². The van der Waals surface area contributed by atoms with Crippen LogP contribution < -0.4 is 14.9 Å². The van der Waals surface area contributed by atoms with Gasteiger partial charge < -0.3 is 59.5 Å². The monoisotopic (exact) mass is 494 g/mol. The first-order chi connectivity index (χ1) is 16.6. The van der Waals surface area contributed by atoms with Crippen LogP contribution in [0.25, 0.3) is 22.3 Å². The number of aliphatic hydroxyl groups excluding tert-OH is 4. The maximum Gasteiger partial charge on any atom is 0.238 e. The number of phenols is 3. The van der Waals surface area contributed by atoms with Crippen LogP contribution in [0.2, 0.25) is 0 Å². The third kappa shape index (κ3) is 4.05. The van der Waals surface area contributed by atoms with Gasteiger partial charge in [0, 0.05) is 11.6 Å². The molecule has 2 aromatic carbocycles. The molecule has 13 heteroatoms. The lowest BCUT2D eigenvalue weighted by Gasteiger charge is -2.39. The van der Waals surface area contributed by atoms with Crippen molar-refractivity contribution in [3.8, 4) is 45.8 Å². The lowest BCUT2D eigenvalue weighted by molar-refractivity contribution is -0.277. The van der Waals surface area contributed by atoms with E-state index in [4.69, 9.17) is 18.6 Å². The van der Waals surface area contributed by atoms with Crippen LogP contribution in [0.15, 0.2) is 33.5 Å². The number of hydrogen-bond acceptors (Lipinski definition) is 13. The number of methoxy groups -OCH3 is 1. The summed E-state index contributed by atoms with van der Waals surface area (Å²) in [6, 6.07) is 4.40. The van der Waals surface area contributed by atoms with Gasteiger partial charge in [0.05, 0.1) is 13.7 Å². The second kappa shape index (κ2) is 9.13. The van der Waals surface area contributed by atoms with E-state index < -0.39 is 88.4 Å². The van der Waals surface area contributed by atoms with E-state index in [-0.39, 0.29) is 11.1 Å². The first-order valence-electron chi connectivity index (χ1n) is 10.2. The fourth-order valence-corrected chi connectivity index (χ4v) is 3.73. The van der Waals surface area contributed by atoms with Crippen LogP contribution in [0.1, 0.15) is 0 Å². The molecule has 5 atom stereocenters. The Morgan fingerprint density at radius 1 is 0.914 bits per heavy atom. The van der Waals surface area contributed by atoms with E-state index in [1.165, 1.54) is 6.07 Å². The molecule has 188 valence electrons. The Labute approximate surface area is 195 Å². The predicted molar refractivity (Wildman–Crippen MR) is 116 cm³/mol. The highest BCUT2D eigenvalue weighted by Crippen LogP contribution is 2.45. The topological polar surface area (TPSA) is 220 Å². The minimum atomic E-state index is -1.85. The third-order valence-corrected chi connectivity index (χ3v) is 5.57. The van der Waals surface area contributed by atoms with Crippen LogP contribution in [-0.2, 0) is 4.74 Å². The number of phenolic OH excluding ortho intramolecular Hbond substituents is 3. The SMILES string of the molecule is COc1c(O)cc2oc(-c3ccc(O)c(O)c3)c(O)c(=O)c2c1OC1OC(CO)C(O)C(O)C1O. The molecule has 1 fully saturated rings. The zero-order valence-corrected chi connectivity index (χ0v) is 18.0. The van der Waals surface area contributed by atoms with Crippen LogP contribution in [0, 0.1) is 0 Å². The molecule has 35 heavy (non-hydrogen) atoms. The Kier molecular flexibility index (Phi) is 6.36. The Morgan fingerprint density at radius 2 is 1.63 bits per heavy atom. The standard InChI is InChI=1S/C22H22O13/c1-32-20-10(26)5-11-13(21(20)35-22-18(31)16(29)14(27)12(6-23)34-22)15(28)17(30)19(33-11)7-2-3-8(24)9(25)4-7/h2-5,12,14,16,18,22-27,29-31H,6H2,1H3. The molecule has 3 aromatic rings. The molecule has 4 rings (SSSR count). The molecule has 1 aliphatic rings. The third-order valence-electron chi connectivity index (χ3n) is 5.57. The number of ether oxygens (including phenoxy) is 3. The van der Waals surface area contributed by atoms with Crippen LogP contribution in [0.4, 0.5) is 0 Å². The molecular formula is C22H22O13. The van der Waals surface area contributed by atoms with Crippen LogP contribution in [0.3, 0.4) is 0 Å². The minimum Gasteiger partial charge on any atom is -0.504 e. The van der Waals surface area contributed by atoms with Crippen molar-refractivity contribution in [2.24, 2.45) is 0 Å². The lowest BCUT2D eigenvalue weighted by atomic mass is 9.99. The molecule has 0 saturated carbocycles. The maximum absolute atomic E-state index is 13.2. The Morgan fingerprint density at radius 3 is 2.26 bits per heavy atom. The van der Waals surface area contributed by atoms with Crippen molar-refractivity contribution in [2.45, 2.75) is 30.7 Å². The van der Waals surface area contributed by atoms with Gasteiger partial charge in [-0.05, 0) is 18.2 Å². The summed E-state index contributed by atoms with van der Waals surface area (Å²) in [4.78, 5) is 13.2. The summed E-state index contributed by atoms with van der Waals surface area (Å²) in [5, 5.41) is 79.6. The van der Waals surface area contributed by atoms with Crippen molar-refractivity contribution in [3.05, 3.63) is 34.5 Å². The number of rotatable bonds is 5. The lowest BCUT2D eigenvalue weighted by Crippen LogP contribution is -2.60. The van der Waals surface area contributed by atoms with Crippen molar-refractivity contribution in [1.82, 2.24) is 0 Å². The fraction of sp³-hybridized carbons (Fsp3) is 0.318. The molecule has 2 heterocycles. The van der Waals surface area contributed by atoms with E-state index in [2.05, 4.69) is 0 Å². The van der Waals surface area contributed by atoms with Crippen LogP contribution >= 0.6 is 0 Å². The van der Waals surface area contributed by atoms with Crippen LogP contribution in [0.5, 0.6) is 34.5 Å². The Hall–Kier alpha value is -3.75. The van der Waals surface area contributed by atoms with E-state index in [9.17, 15) is 45.6 Å². The zero-order chi connectivity index (χ0) is 25.6. The predicted octanol–water partition coefficient (Wildman–Crippen LogP) is -0.530. The quantitative estimate of drug-likeness (QED) is 0.209. The van der Waals surface area contributed by atoms with Gasteiger partial charge >= 0.3 is 0 Å². The molecule has 8 N–H and O–H groups in total. The number of aliphatic hydroxyl groups is 4. The van der Waals surface area contributed by atoms with E-state index in [0.29, 0.717) is 0 Å². The van der Waals surface area contributed by atoms with E-state index >= 15 is 0 Å². The van der Waals surface area contributed by atoms with E-state index in [1.54, 1.807) is 0 Å². The van der Waals surface area contributed by atoms with Gasteiger partial charge in [0.2, 0.25) is 23.2 Å². The molecular weight excluding hydrogens is 472 g/mol. The molecule has 5 unspecified atom stereocenters. The maximum atomic E-state index is 13.2. The van der Waals surface area contributed by atoms with Crippen molar-refractivity contribution < 1.29 is 59.5 Å². The Balaban J connectivity index is 1.89. The van der Waals surface area contributed by atoms with Gasteiger partial charge in [-0.1, -0.05) is 0 Å². The molecule has 0 aliphatic carbocycles. The molecule has 0 radical (unpaired) electrons. The van der Waals surface area contributed by atoms with Crippen molar-refractivity contribution >= 4 is 11.0 Å². The highest BCUT2D eigenvalue weighted by molar-refractivity contribution is 5.91. The average Bonchev–Trinajstić information content (AvgIpc) is 2.83. The number of hydrogen-bond donors (Lipinski definition) is 8. The summed E-state index contributed by atoms with van der Waals surface area (Å²) < 4.78 is 21.6. The largest absolute Gasteiger partial charge is 0.504 e. The van der Waals surface area contributed by atoms with Crippen molar-refractivity contribution in [3.63, 3.8) is 0 Å². The minimum absolute atomic E-state index is 0.0171. The number of benzene rings is 2. The molecule has 0 amide bonds. The average molecular weight is 494 g/mol. The van der Waals surface area contributed by atoms with Crippen molar-refractivity contribution in [2.75, 3.05) is 13.7 Å². The first-order valence-corrected chi connectivity index (χ1v) is 10.2. The second-order valence-corrected chi connectivity index (χ2v) is 7.76. The van der Waals surface area contributed by atoms with Gasteiger partial charge in [-0.3, -0.25) is 4.79 Å². The zero-order valence-electron chi connectivity index (χ0n) is 18.0. The number of fused-ring (bicyclic) bond motifs is 1. The van der Waals surface area contributed by atoms with Gasteiger partial charge in [0.15, 0.2) is 28.8 Å². The van der Waals surface area contributed by atoms with Crippen molar-refractivity contribution in [1.29, 1.82) is 0 Å².